The van der Waals surface area contributed by atoms with Crippen molar-refractivity contribution in [3.8, 4) is 17.4 Å². The van der Waals surface area contributed by atoms with Crippen LogP contribution in [0.4, 0.5) is 0 Å². The molecule has 0 aliphatic heterocycles. The van der Waals surface area contributed by atoms with Crippen LogP contribution >= 0.6 is 15.9 Å². The summed E-state index contributed by atoms with van der Waals surface area (Å²) in [6.07, 6.45) is 1.71. The Balaban J connectivity index is 1.81. The molecule has 0 unspecified atom stereocenters. The molecular weight excluding hydrogens is 348 g/mol. The van der Waals surface area contributed by atoms with Crippen molar-refractivity contribution in [2.75, 3.05) is 27.4 Å². The molecule has 6 heteroatoms. The number of halogens is 1. The zero-order chi connectivity index (χ0) is 15.8. The standard InChI is InChI=1S/C16H19BrN2O3/c1-20-14-10-12(9-13(17)16(14)21-2)11-18-7-8-22-15-5-3-4-6-19-15/h3-6,9-10,18H,7-8,11H2,1-2H3. The molecule has 0 atom stereocenters. The molecule has 0 radical (unpaired) electrons. The highest BCUT2D eigenvalue weighted by atomic mass is 79.9. The van der Waals surface area contributed by atoms with Crippen LogP contribution in [0.1, 0.15) is 5.56 Å². The lowest BCUT2D eigenvalue weighted by atomic mass is 10.2. The van der Waals surface area contributed by atoms with Crippen molar-refractivity contribution in [2.45, 2.75) is 6.54 Å². The van der Waals surface area contributed by atoms with Gasteiger partial charge < -0.3 is 19.5 Å². The second-order valence-electron chi connectivity index (χ2n) is 4.51. The van der Waals surface area contributed by atoms with Gasteiger partial charge in [-0.05, 0) is 39.7 Å². The fourth-order valence-corrected chi connectivity index (χ4v) is 2.62. The molecule has 0 aliphatic carbocycles. The normalized spacial score (nSPS) is 10.3. The minimum Gasteiger partial charge on any atom is -0.493 e. The van der Waals surface area contributed by atoms with E-state index in [0.29, 0.717) is 30.5 Å². The minimum absolute atomic E-state index is 0.561. The molecule has 0 saturated carbocycles. The van der Waals surface area contributed by atoms with E-state index in [9.17, 15) is 0 Å². The number of hydrogen-bond donors (Lipinski definition) is 1. The summed E-state index contributed by atoms with van der Waals surface area (Å²) in [5.74, 6) is 2.04. The Kier molecular flexibility index (Phi) is 6.48. The second-order valence-corrected chi connectivity index (χ2v) is 5.36. The molecule has 1 aromatic carbocycles. The number of ether oxygens (including phenoxy) is 3. The summed E-state index contributed by atoms with van der Waals surface area (Å²) in [6, 6.07) is 9.56. The Morgan fingerprint density at radius 1 is 1.18 bits per heavy atom. The fraction of sp³-hybridized carbons (Fsp3) is 0.312. The Morgan fingerprint density at radius 2 is 2.05 bits per heavy atom. The Morgan fingerprint density at radius 3 is 2.73 bits per heavy atom. The predicted octanol–water partition coefficient (Wildman–Crippen LogP) is 3.03. The molecule has 0 bridgehead atoms. The van der Waals surface area contributed by atoms with Crippen LogP contribution < -0.4 is 19.5 Å². The summed E-state index contributed by atoms with van der Waals surface area (Å²) in [4.78, 5) is 4.10. The lowest BCUT2D eigenvalue weighted by Gasteiger charge is -2.12. The molecule has 1 aromatic heterocycles. The van der Waals surface area contributed by atoms with Gasteiger partial charge in [0.1, 0.15) is 6.61 Å². The third-order valence-electron chi connectivity index (χ3n) is 2.99. The zero-order valence-electron chi connectivity index (χ0n) is 12.6. The molecule has 118 valence electrons. The quantitative estimate of drug-likeness (QED) is 0.727. The van der Waals surface area contributed by atoms with Crippen molar-refractivity contribution in [2.24, 2.45) is 0 Å². The Labute approximate surface area is 138 Å². The topological polar surface area (TPSA) is 52.6 Å². The molecular formula is C16H19BrN2O3. The fourth-order valence-electron chi connectivity index (χ4n) is 1.97. The highest BCUT2D eigenvalue weighted by Crippen LogP contribution is 2.36. The first-order valence-corrected chi connectivity index (χ1v) is 7.69. The summed E-state index contributed by atoms with van der Waals surface area (Å²) in [5.41, 5.74) is 1.10. The van der Waals surface area contributed by atoms with Gasteiger partial charge in [0.25, 0.3) is 0 Å². The van der Waals surface area contributed by atoms with E-state index in [4.69, 9.17) is 14.2 Å². The van der Waals surface area contributed by atoms with Crippen molar-refractivity contribution >= 4 is 15.9 Å². The molecule has 1 heterocycles. The van der Waals surface area contributed by atoms with E-state index in [2.05, 4.69) is 26.2 Å². The molecule has 0 amide bonds. The number of aromatic nitrogens is 1. The van der Waals surface area contributed by atoms with E-state index in [1.165, 1.54) is 0 Å². The van der Waals surface area contributed by atoms with Crippen LogP contribution in [-0.2, 0) is 6.54 Å². The number of rotatable bonds is 8. The molecule has 0 spiro atoms. The van der Waals surface area contributed by atoms with Gasteiger partial charge in [0.2, 0.25) is 5.88 Å². The highest BCUT2D eigenvalue weighted by molar-refractivity contribution is 9.10. The second kappa shape index (κ2) is 8.60. The Bertz CT molecular complexity index is 593. The van der Waals surface area contributed by atoms with Crippen LogP contribution in [0.3, 0.4) is 0 Å². The molecule has 5 nitrogen and oxygen atoms in total. The average Bonchev–Trinajstić information content (AvgIpc) is 2.55. The van der Waals surface area contributed by atoms with Crippen LogP contribution in [0.25, 0.3) is 0 Å². The molecule has 1 N–H and O–H groups in total. The van der Waals surface area contributed by atoms with Crippen molar-refractivity contribution in [3.05, 3.63) is 46.6 Å². The van der Waals surface area contributed by atoms with Crippen molar-refractivity contribution in [1.29, 1.82) is 0 Å². The zero-order valence-corrected chi connectivity index (χ0v) is 14.2. The number of nitrogens with one attached hydrogen (secondary N) is 1. The van der Waals surface area contributed by atoms with E-state index >= 15 is 0 Å². The summed E-state index contributed by atoms with van der Waals surface area (Å²) < 4.78 is 17.0. The van der Waals surface area contributed by atoms with E-state index in [-0.39, 0.29) is 0 Å². The van der Waals surface area contributed by atoms with Crippen LogP contribution in [-0.4, -0.2) is 32.4 Å². The van der Waals surface area contributed by atoms with Crippen molar-refractivity contribution < 1.29 is 14.2 Å². The number of pyridine rings is 1. The maximum absolute atomic E-state index is 5.52. The van der Waals surface area contributed by atoms with Crippen LogP contribution in [0.15, 0.2) is 41.0 Å². The van der Waals surface area contributed by atoms with Crippen molar-refractivity contribution in [1.82, 2.24) is 10.3 Å². The van der Waals surface area contributed by atoms with E-state index in [1.54, 1.807) is 20.4 Å². The first kappa shape index (κ1) is 16.6. The number of methoxy groups -OCH3 is 2. The first-order valence-electron chi connectivity index (χ1n) is 6.89. The summed E-state index contributed by atoms with van der Waals surface area (Å²) in [7, 11) is 3.25. The van der Waals surface area contributed by atoms with Crippen LogP contribution in [0.5, 0.6) is 17.4 Å². The average molecular weight is 367 g/mol. The summed E-state index contributed by atoms with van der Waals surface area (Å²) in [5, 5.41) is 3.32. The SMILES string of the molecule is COc1cc(CNCCOc2ccccn2)cc(Br)c1OC. The maximum atomic E-state index is 5.52. The molecule has 0 saturated heterocycles. The minimum atomic E-state index is 0.561. The number of hydrogen-bond acceptors (Lipinski definition) is 5. The monoisotopic (exact) mass is 366 g/mol. The third-order valence-corrected chi connectivity index (χ3v) is 3.58. The van der Waals surface area contributed by atoms with E-state index < -0.39 is 0 Å². The van der Waals surface area contributed by atoms with E-state index in [1.807, 2.05) is 30.3 Å². The van der Waals surface area contributed by atoms with Gasteiger partial charge in [-0.3, -0.25) is 0 Å². The van der Waals surface area contributed by atoms with Gasteiger partial charge in [-0.2, -0.15) is 0 Å². The predicted molar refractivity (Wildman–Crippen MR) is 88.7 cm³/mol. The maximum Gasteiger partial charge on any atom is 0.213 e. The van der Waals surface area contributed by atoms with Gasteiger partial charge in [-0.15, -0.1) is 0 Å². The summed E-state index contributed by atoms with van der Waals surface area (Å²) in [6.45, 7) is 2.00. The van der Waals surface area contributed by atoms with Gasteiger partial charge in [-0.25, -0.2) is 4.98 Å². The Hall–Kier alpha value is -1.79. The van der Waals surface area contributed by atoms with Crippen LogP contribution in [0, 0.1) is 0 Å². The largest absolute Gasteiger partial charge is 0.493 e. The highest BCUT2D eigenvalue weighted by Gasteiger charge is 2.10. The molecule has 2 aromatic rings. The molecule has 0 aliphatic rings. The summed E-state index contributed by atoms with van der Waals surface area (Å²) >= 11 is 3.49. The van der Waals surface area contributed by atoms with Gasteiger partial charge in [0.05, 0.1) is 18.7 Å². The lowest BCUT2D eigenvalue weighted by molar-refractivity contribution is 0.302. The first-order chi connectivity index (χ1) is 10.7. The van der Waals surface area contributed by atoms with Crippen molar-refractivity contribution in [3.63, 3.8) is 0 Å². The molecule has 22 heavy (non-hydrogen) atoms. The van der Waals surface area contributed by atoms with E-state index in [0.717, 1.165) is 16.6 Å². The van der Waals surface area contributed by atoms with Gasteiger partial charge in [0.15, 0.2) is 11.5 Å². The number of benzene rings is 1. The number of nitrogens with zero attached hydrogens (tertiary/aromatic N) is 1. The lowest BCUT2D eigenvalue weighted by Crippen LogP contribution is -2.20. The molecule has 0 fully saturated rings. The molecule has 2 rings (SSSR count). The van der Waals surface area contributed by atoms with Gasteiger partial charge >= 0.3 is 0 Å². The van der Waals surface area contributed by atoms with Crippen LogP contribution in [0.2, 0.25) is 0 Å². The van der Waals surface area contributed by atoms with Gasteiger partial charge in [0, 0.05) is 25.4 Å². The van der Waals surface area contributed by atoms with Gasteiger partial charge in [-0.1, -0.05) is 6.07 Å². The third kappa shape index (κ3) is 4.61. The smallest absolute Gasteiger partial charge is 0.213 e.